The number of carboxylic acid groups (broad SMARTS) is 1. The Hall–Kier alpha value is -1.23. The fourth-order valence-corrected chi connectivity index (χ4v) is 6.80. The zero-order valence-electron chi connectivity index (χ0n) is 17.4. The molecule has 0 spiro atoms. The average molecular weight is 414 g/mol. The SMILES string of the molecule is CCCc1ccc(C)c(C(PC(C)C)C(=O)O)c1-c1ccc2c(c1)CCCP2. The van der Waals surface area contributed by atoms with E-state index in [0.717, 1.165) is 39.0 Å². The molecule has 0 saturated carbocycles. The van der Waals surface area contributed by atoms with Crippen LogP contribution < -0.4 is 5.30 Å². The molecule has 150 valence electrons. The number of aryl methyl sites for hydroxylation is 3. The van der Waals surface area contributed by atoms with Crippen LogP contribution in [-0.4, -0.2) is 22.9 Å². The largest absolute Gasteiger partial charge is 0.481 e. The molecule has 28 heavy (non-hydrogen) atoms. The molecule has 2 aromatic carbocycles. The summed E-state index contributed by atoms with van der Waals surface area (Å²) in [6.45, 7) is 8.52. The number of aliphatic carboxylic acids is 1. The third kappa shape index (κ3) is 4.67. The van der Waals surface area contributed by atoms with E-state index in [4.69, 9.17) is 0 Å². The minimum atomic E-state index is -0.690. The molecule has 2 aromatic rings. The highest BCUT2D eigenvalue weighted by Gasteiger charge is 2.27. The van der Waals surface area contributed by atoms with Gasteiger partial charge in [0.15, 0.2) is 0 Å². The minimum absolute atomic E-state index is 0.368. The van der Waals surface area contributed by atoms with Crippen LogP contribution in [0.1, 0.15) is 61.5 Å². The predicted octanol–water partition coefficient (Wildman–Crippen LogP) is 6.08. The third-order valence-corrected chi connectivity index (χ3v) is 8.44. The zero-order valence-corrected chi connectivity index (χ0v) is 19.4. The molecule has 0 fully saturated rings. The first-order valence-corrected chi connectivity index (χ1v) is 12.8. The first-order valence-electron chi connectivity index (χ1n) is 10.4. The number of hydrogen-bond acceptors (Lipinski definition) is 1. The maximum Gasteiger partial charge on any atom is 0.315 e. The van der Waals surface area contributed by atoms with E-state index < -0.39 is 11.6 Å². The molecule has 1 heterocycles. The smallest absolute Gasteiger partial charge is 0.315 e. The molecule has 1 N–H and O–H groups in total. The van der Waals surface area contributed by atoms with Crippen LogP contribution in [0.15, 0.2) is 30.3 Å². The summed E-state index contributed by atoms with van der Waals surface area (Å²) in [6, 6.07) is 11.2. The second-order valence-electron chi connectivity index (χ2n) is 8.08. The van der Waals surface area contributed by atoms with Gasteiger partial charge in [-0.3, -0.25) is 4.79 Å². The molecule has 0 aromatic heterocycles. The molecule has 0 saturated heterocycles. The molecule has 2 nitrogen and oxygen atoms in total. The quantitative estimate of drug-likeness (QED) is 0.558. The van der Waals surface area contributed by atoms with Crippen molar-refractivity contribution in [1.29, 1.82) is 0 Å². The van der Waals surface area contributed by atoms with Crippen LogP contribution in [0.25, 0.3) is 11.1 Å². The Kier molecular flexibility index (Phi) is 7.30. The number of hydrogen-bond donors (Lipinski definition) is 1. The van der Waals surface area contributed by atoms with Crippen molar-refractivity contribution in [2.45, 2.75) is 64.7 Å². The van der Waals surface area contributed by atoms with Gasteiger partial charge < -0.3 is 5.11 Å². The van der Waals surface area contributed by atoms with Crippen LogP contribution in [0.3, 0.4) is 0 Å². The summed E-state index contributed by atoms with van der Waals surface area (Å²) in [4.78, 5) is 12.3. The third-order valence-electron chi connectivity index (χ3n) is 5.44. The predicted molar refractivity (Wildman–Crippen MR) is 126 cm³/mol. The second kappa shape index (κ2) is 9.51. The molecule has 1 aliphatic rings. The topological polar surface area (TPSA) is 37.3 Å². The summed E-state index contributed by atoms with van der Waals surface area (Å²) >= 11 is 0. The second-order valence-corrected chi connectivity index (χ2v) is 11.5. The molecule has 4 heteroatoms. The maximum atomic E-state index is 12.3. The fourth-order valence-electron chi connectivity index (χ4n) is 4.20. The van der Waals surface area contributed by atoms with Gasteiger partial charge in [-0.2, -0.15) is 0 Å². The molecule has 0 bridgehead atoms. The number of rotatable bonds is 7. The fraction of sp³-hybridized carbons (Fsp3) is 0.458. The van der Waals surface area contributed by atoms with Crippen molar-refractivity contribution in [3.63, 3.8) is 0 Å². The van der Waals surface area contributed by atoms with E-state index in [9.17, 15) is 9.90 Å². The summed E-state index contributed by atoms with van der Waals surface area (Å²) in [7, 11) is 1.30. The van der Waals surface area contributed by atoms with Gasteiger partial charge in [0.05, 0.1) is 5.66 Å². The molecular weight excluding hydrogens is 382 g/mol. The van der Waals surface area contributed by atoms with Crippen LogP contribution in [-0.2, 0) is 17.6 Å². The Bertz CT molecular complexity index is 858. The molecule has 3 atom stereocenters. The Balaban J connectivity index is 2.22. The number of carboxylic acids is 1. The van der Waals surface area contributed by atoms with E-state index in [1.807, 2.05) is 0 Å². The van der Waals surface area contributed by atoms with E-state index in [0.29, 0.717) is 14.2 Å². The Morgan fingerprint density at radius 1 is 1.25 bits per heavy atom. The highest BCUT2D eigenvalue weighted by molar-refractivity contribution is 7.47. The van der Waals surface area contributed by atoms with Crippen molar-refractivity contribution in [3.05, 3.63) is 52.6 Å². The summed E-state index contributed by atoms with van der Waals surface area (Å²) in [5.74, 6) is -0.690. The molecule has 0 radical (unpaired) electrons. The van der Waals surface area contributed by atoms with E-state index in [1.165, 1.54) is 40.1 Å². The number of fused-ring (bicyclic) bond motifs is 1. The van der Waals surface area contributed by atoms with Crippen LogP contribution in [0.4, 0.5) is 0 Å². The first kappa shape index (κ1) is 21.5. The molecule has 3 rings (SSSR count). The summed E-state index contributed by atoms with van der Waals surface area (Å²) in [5, 5.41) is 11.6. The van der Waals surface area contributed by atoms with Gasteiger partial charge in [0, 0.05) is 0 Å². The first-order chi connectivity index (χ1) is 13.4. The van der Waals surface area contributed by atoms with E-state index in [-0.39, 0.29) is 0 Å². The van der Waals surface area contributed by atoms with Crippen LogP contribution >= 0.6 is 17.2 Å². The lowest BCUT2D eigenvalue weighted by Crippen LogP contribution is -2.14. The van der Waals surface area contributed by atoms with Crippen LogP contribution in [0.2, 0.25) is 0 Å². The summed E-state index contributed by atoms with van der Waals surface area (Å²) < 4.78 is 0. The molecule has 1 aliphatic heterocycles. The lowest BCUT2D eigenvalue weighted by molar-refractivity contribution is -0.136. The highest BCUT2D eigenvalue weighted by atomic mass is 31.1. The van der Waals surface area contributed by atoms with Gasteiger partial charge in [0.1, 0.15) is 0 Å². The van der Waals surface area contributed by atoms with Crippen molar-refractivity contribution in [1.82, 2.24) is 0 Å². The van der Waals surface area contributed by atoms with E-state index in [1.54, 1.807) is 0 Å². The molecule has 3 unspecified atom stereocenters. The van der Waals surface area contributed by atoms with Gasteiger partial charge in [0.25, 0.3) is 0 Å². The van der Waals surface area contributed by atoms with Crippen molar-refractivity contribution in [2.75, 3.05) is 6.16 Å². The number of benzene rings is 2. The standard InChI is InChI=1S/C24H32O2P2/c1-5-7-17-10-9-16(4)21(23(24(25)26)28-15(2)3)22(17)19-11-12-20-18(14-19)8-6-13-27-20/h9-12,14-15,23,27-28H,5-8,13H2,1-4H3,(H,25,26). The Morgan fingerprint density at radius 2 is 2.04 bits per heavy atom. The van der Waals surface area contributed by atoms with Gasteiger partial charge >= 0.3 is 5.97 Å². The number of carbonyl (C=O) groups is 1. The van der Waals surface area contributed by atoms with Crippen molar-refractivity contribution in [3.8, 4) is 11.1 Å². The van der Waals surface area contributed by atoms with Crippen molar-refractivity contribution in [2.24, 2.45) is 0 Å². The van der Waals surface area contributed by atoms with E-state index >= 15 is 0 Å². The maximum absolute atomic E-state index is 12.3. The summed E-state index contributed by atoms with van der Waals surface area (Å²) in [6.07, 6.45) is 5.77. The van der Waals surface area contributed by atoms with Crippen molar-refractivity contribution < 1.29 is 9.90 Å². The normalized spacial score (nSPS) is 16.0. The monoisotopic (exact) mass is 414 g/mol. The molecule has 0 aliphatic carbocycles. The molecule has 0 amide bonds. The zero-order chi connectivity index (χ0) is 20.3. The Labute approximate surface area is 173 Å². The molecular formula is C24H32O2P2. The highest BCUT2D eigenvalue weighted by Crippen LogP contribution is 2.45. The van der Waals surface area contributed by atoms with Gasteiger partial charge in [-0.25, -0.2) is 0 Å². The van der Waals surface area contributed by atoms with Crippen molar-refractivity contribution >= 4 is 28.4 Å². The van der Waals surface area contributed by atoms with Crippen LogP contribution in [0, 0.1) is 6.92 Å². The summed E-state index contributed by atoms with van der Waals surface area (Å²) in [5.41, 5.74) is 7.26. The van der Waals surface area contributed by atoms with Gasteiger partial charge in [-0.15, -0.1) is 0 Å². The van der Waals surface area contributed by atoms with Gasteiger partial charge in [-0.1, -0.05) is 74.7 Å². The van der Waals surface area contributed by atoms with Gasteiger partial charge in [-0.05, 0) is 76.7 Å². The van der Waals surface area contributed by atoms with Crippen LogP contribution in [0.5, 0.6) is 0 Å². The lowest BCUT2D eigenvalue weighted by Gasteiger charge is -2.25. The lowest BCUT2D eigenvalue weighted by atomic mass is 9.87. The van der Waals surface area contributed by atoms with Gasteiger partial charge in [0.2, 0.25) is 0 Å². The minimum Gasteiger partial charge on any atom is -0.481 e. The Morgan fingerprint density at radius 3 is 2.71 bits per heavy atom. The average Bonchev–Trinajstić information content (AvgIpc) is 2.67. The van der Waals surface area contributed by atoms with E-state index in [2.05, 4.69) is 58.0 Å².